The maximum Gasteiger partial charge on any atom is 0.310 e. The Balaban J connectivity index is 2.37. The molecule has 0 aromatic heterocycles. The van der Waals surface area contributed by atoms with Crippen molar-refractivity contribution in [1.82, 2.24) is 4.90 Å². The molecule has 0 bridgehead atoms. The van der Waals surface area contributed by atoms with Crippen molar-refractivity contribution in [3.8, 4) is 0 Å². The molecule has 0 aromatic carbocycles. The summed E-state index contributed by atoms with van der Waals surface area (Å²) in [5.41, 5.74) is 5.94. The molecular formula is C14H28N2O2. The van der Waals surface area contributed by atoms with Gasteiger partial charge in [0.15, 0.2) is 0 Å². The van der Waals surface area contributed by atoms with Gasteiger partial charge in [0.05, 0.1) is 12.5 Å². The maximum absolute atomic E-state index is 11.7. The van der Waals surface area contributed by atoms with Crippen LogP contribution in [-0.2, 0) is 9.53 Å². The van der Waals surface area contributed by atoms with Gasteiger partial charge in [-0.05, 0) is 51.2 Å². The Kier molecular flexibility index (Phi) is 6.09. The van der Waals surface area contributed by atoms with Crippen molar-refractivity contribution in [3.63, 3.8) is 0 Å². The number of piperidine rings is 1. The monoisotopic (exact) mass is 256 g/mol. The molecule has 1 unspecified atom stereocenters. The van der Waals surface area contributed by atoms with Crippen molar-refractivity contribution < 1.29 is 9.53 Å². The summed E-state index contributed by atoms with van der Waals surface area (Å²) in [5.74, 6) is 0.0416. The van der Waals surface area contributed by atoms with Crippen LogP contribution in [0.3, 0.4) is 0 Å². The van der Waals surface area contributed by atoms with E-state index in [0.717, 1.165) is 38.9 Å². The van der Waals surface area contributed by atoms with Crippen LogP contribution in [0.4, 0.5) is 0 Å². The van der Waals surface area contributed by atoms with Crippen LogP contribution in [0.5, 0.6) is 0 Å². The highest BCUT2D eigenvalue weighted by atomic mass is 16.5. The highest BCUT2D eigenvalue weighted by Gasteiger charge is 2.27. The van der Waals surface area contributed by atoms with E-state index in [2.05, 4.69) is 18.7 Å². The van der Waals surface area contributed by atoms with Crippen LogP contribution in [-0.4, -0.2) is 43.7 Å². The third-order valence-electron chi connectivity index (χ3n) is 3.78. The molecule has 1 atom stereocenters. The summed E-state index contributed by atoms with van der Waals surface area (Å²) in [6.07, 6.45) is 3.14. The van der Waals surface area contributed by atoms with Gasteiger partial charge >= 0.3 is 5.97 Å². The molecule has 1 rings (SSSR count). The fraction of sp³-hybridized carbons (Fsp3) is 0.929. The number of esters is 1. The molecule has 1 saturated heterocycles. The smallest absolute Gasteiger partial charge is 0.310 e. The zero-order chi connectivity index (χ0) is 13.6. The Bertz CT molecular complexity index is 267. The number of hydrogen-bond acceptors (Lipinski definition) is 4. The van der Waals surface area contributed by atoms with Crippen LogP contribution in [0.25, 0.3) is 0 Å². The highest BCUT2D eigenvalue weighted by Crippen LogP contribution is 2.22. The van der Waals surface area contributed by atoms with Crippen LogP contribution in [0.1, 0.15) is 40.0 Å². The highest BCUT2D eigenvalue weighted by molar-refractivity contribution is 5.72. The lowest BCUT2D eigenvalue weighted by atomic mass is 9.88. The fourth-order valence-electron chi connectivity index (χ4n) is 2.27. The number of hydrogen-bond donors (Lipinski definition) is 1. The Hall–Kier alpha value is -0.610. The Labute approximate surface area is 111 Å². The SMILES string of the molecule is CCOC(=O)C1CCCN(CCC(C)(C)CN)C1. The van der Waals surface area contributed by atoms with Gasteiger partial charge in [0.1, 0.15) is 0 Å². The van der Waals surface area contributed by atoms with Crippen molar-refractivity contribution in [2.45, 2.75) is 40.0 Å². The van der Waals surface area contributed by atoms with Gasteiger partial charge in [0.25, 0.3) is 0 Å². The summed E-state index contributed by atoms with van der Waals surface area (Å²) in [5, 5.41) is 0. The average Bonchev–Trinajstić information content (AvgIpc) is 2.37. The average molecular weight is 256 g/mol. The molecule has 4 nitrogen and oxygen atoms in total. The number of ether oxygens (including phenoxy) is 1. The largest absolute Gasteiger partial charge is 0.466 e. The van der Waals surface area contributed by atoms with Crippen molar-refractivity contribution >= 4 is 5.97 Å². The van der Waals surface area contributed by atoms with E-state index in [1.54, 1.807) is 0 Å². The molecule has 0 spiro atoms. The molecule has 18 heavy (non-hydrogen) atoms. The molecule has 1 fully saturated rings. The van der Waals surface area contributed by atoms with Gasteiger partial charge in [-0.25, -0.2) is 0 Å². The summed E-state index contributed by atoms with van der Waals surface area (Å²) in [6, 6.07) is 0. The van der Waals surface area contributed by atoms with E-state index in [0.29, 0.717) is 13.2 Å². The van der Waals surface area contributed by atoms with Gasteiger partial charge in [-0.1, -0.05) is 13.8 Å². The van der Waals surface area contributed by atoms with E-state index in [1.165, 1.54) is 0 Å². The van der Waals surface area contributed by atoms with Crippen molar-refractivity contribution in [2.75, 3.05) is 32.8 Å². The van der Waals surface area contributed by atoms with Gasteiger partial charge in [0.2, 0.25) is 0 Å². The molecule has 2 N–H and O–H groups in total. The number of nitrogens with zero attached hydrogens (tertiary/aromatic N) is 1. The quantitative estimate of drug-likeness (QED) is 0.734. The second-order valence-electron chi connectivity index (χ2n) is 6.01. The third kappa shape index (κ3) is 4.94. The summed E-state index contributed by atoms with van der Waals surface area (Å²) in [6.45, 7) is 10.4. The standard InChI is InChI=1S/C14H28N2O2/c1-4-18-13(17)12-6-5-8-16(10-12)9-7-14(2,3)11-15/h12H,4-11,15H2,1-3H3. The lowest BCUT2D eigenvalue weighted by Crippen LogP contribution is -2.41. The molecule has 0 saturated carbocycles. The summed E-state index contributed by atoms with van der Waals surface area (Å²) >= 11 is 0. The number of carbonyl (C=O) groups is 1. The Morgan fingerprint density at radius 2 is 2.22 bits per heavy atom. The minimum Gasteiger partial charge on any atom is -0.466 e. The molecule has 0 amide bonds. The topological polar surface area (TPSA) is 55.6 Å². The zero-order valence-electron chi connectivity index (χ0n) is 12.1. The molecule has 106 valence electrons. The second kappa shape index (κ2) is 7.10. The van der Waals surface area contributed by atoms with Crippen molar-refractivity contribution in [1.29, 1.82) is 0 Å². The van der Waals surface area contributed by atoms with E-state index >= 15 is 0 Å². The Morgan fingerprint density at radius 1 is 1.50 bits per heavy atom. The van der Waals surface area contributed by atoms with Crippen molar-refractivity contribution in [3.05, 3.63) is 0 Å². The number of likely N-dealkylation sites (tertiary alicyclic amines) is 1. The summed E-state index contributed by atoms with van der Waals surface area (Å²) < 4.78 is 5.11. The molecule has 1 heterocycles. The molecule has 1 aliphatic heterocycles. The van der Waals surface area contributed by atoms with E-state index in [1.807, 2.05) is 6.92 Å². The fourth-order valence-corrected chi connectivity index (χ4v) is 2.27. The number of nitrogens with two attached hydrogens (primary N) is 1. The summed E-state index contributed by atoms with van der Waals surface area (Å²) in [4.78, 5) is 14.1. The van der Waals surface area contributed by atoms with Crippen LogP contribution in [0.2, 0.25) is 0 Å². The molecule has 1 aliphatic rings. The second-order valence-corrected chi connectivity index (χ2v) is 6.01. The predicted molar refractivity (Wildman–Crippen MR) is 73.2 cm³/mol. The minimum absolute atomic E-state index is 0.0275. The van der Waals surface area contributed by atoms with Gasteiger partial charge in [-0.15, -0.1) is 0 Å². The van der Waals surface area contributed by atoms with Crippen LogP contribution in [0.15, 0.2) is 0 Å². The van der Waals surface area contributed by atoms with Crippen LogP contribution in [0, 0.1) is 11.3 Å². The first-order chi connectivity index (χ1) is 8.48. The van der Waals surface area contributed by atoms with Crippen LogP contribution < -0.4 is 5.73 Å². The maximum atomic E-state index is 11.7. The van der Waals surface area contributed by atoms with Gasteiger partial charge in [-0.2, -0.15) is 0 Å². The molecule has 0 aromatic rings. The minimum atomic E-state index is -0.0275. The van der Waals surface area contributed by atoms with Gasteiger partial charge in [0, 0.05) is 6.54 Å². The zero-order valence-corrected chi connectivity index (χ0v) is 12.1. The van der Waals surface area contributed by atoms with Gasteiger partial charge in [-0.3, -0.25) is 4.79 Å². The first-order valence-electron chi connectivity index (χ1n) is 7.07. The van der Waals surface area contributed by atoms with Gasteiger partial charge < -0.3 is 15.4 Å². The Morgan fingerprint density at radius 3 is 2.83 bits per heavy atom. The lowest BCUT2D eigenvalue weighted by molar-refractivity contribution is -0.149. The van der Waals surface area contributed by atoms with E-state index in [9.17, 15) is 4.79 Å². The molecule has 4 heteroatoms. The molecular weight excluding hydrogens is 228 g/mol. The van der Waals surface area contributed by atoms with E-state index < -0.39 is 0 Å². The summed E-state index contributed by atoms with van der Waals surface area (Å²) in [7, 11) is 0. The third-order valence-corrected chi connectivity index (χ3v) is 3.78. The predicted octanol–water partition coefficient (Wildman–Crippen LogP) is 1.64. The van der Waals surface area contributed by atoms with Crippen LogP contribution >= 0.6 is 0 Å². The first kappa shape index (κ1) is 15.4. The first-order valence-corrected chi connectivity index (χ1v) is 7.07. The van der Waals surface area contributed by atoms with Crippen molar-refractivity contribution in [2.24, 2.45) is 17.1 Å². The lowest BCUT2D eigenvalue weighted by Gasteiger charge is -2.33. The number of carbonyl (C=O) groups excluding carboxylic acids is 1. The van der Waals surface area contributed by atoms with E-state index in [4.69, 9.17) is 10.5 Å². The molecule has 0 aliphatic carbocycles. The molecule has 0 radical (unpaired) electrons. The number of rotatable bonds is 6. The van der Waals surface area contributed by atoms with E-state index in [-0.39, 0.29) is 17.3 Å². The normalized spacial score (nSPS) is 21.9.